The van der Waals surface area contributed by atoms with Gasteiger partial charge in [0.1, 0.15) is 5.75 Å². The maximum absolute atomic E-state index is 11.9. The van der Waals surface area contributed by atoms with Gasteiger partial charge in [-0.25, -0.2) is 0 Å². The average molecular weight is 876 g/mol. The van der Waals surface area contributed by atoms with E-state index < -0.39 is 5.41 Å². The predicted octanol–water partition coefficient (Wildman–Crippen LogP) is 5.53. The van der Waals surface area contributed by atoms with E-state index in [0.717, 1.165) is 0 Å². The second-order valence-corrected chi connectivity index (χ2v) is 6.98. The number of phenolic OH excluding ortho intramolecular Hbond substituents is 1. The van der Waals surface area contributed by atoms with E-state index >= 15 is 0 Å². The number of rotatable bonds is 3. The van der Waals surface area contributed by atoms with E-state index in [-0.39, 0.29) is 95.0 Å². The summed E-state index contributed by atoms with van der Waals surface area (Å²) in [4.78, 5) is 22.7. The molecule has 0 bridgehead atoms. The van der Waals surface area contributed by atoms with Crippen LogP contribution in [-0.2, 0) is 68.0 Å². The van der Waals surface area contributed by atoms with E-state index in [9.17, 15) is 9.59 Å². The largest absolute Gasteiger partial charge is 2.00 e. The zero-order valence-electron chi connectivity index (χ0n) is 17.3. The quantitative estimate of drug-likeness (QED) is 0.322. The molecule has 3 nitrogen and oxygen atoms in total. The first-order valence-electron chi connectivity index (χ1n) is 7.46. The third-order valence-corrected chi connectivity index (χ3v) is 2.81. The maximum Gasteiger partial charge on any atom is 2.00 e. The van der Waals surface area contributed by atoms with E-state index in [1.54, 1.807) is 37.6 Å². The van der Waals surface area contributed by atoms with Crippen LogP contribution < -0.4 is 0 Å². The van der Waals surface area contributed by atoms with Crippen molar-refractivity contribution in [3.05, 3.63) is 43.7 Å². The number of aromatic hydroxyl groups is 1. The first-order valence-corrected chi connectivity index (χ1v) is 7.06. The molecule has 0 saturated heterocycles. The molecule has 0 aromatic heterocycles. The fourth-order valence-corrected chi connectivity index (χ4v) is 1.49. The van der Waals surface area contributed by atoms with Crippen LogP contribution in [0.25, 0.3) is 0 Å². The zero-order valence-corrected chi connectivity index (χ0v) is 25.1. The minimum absolute atomic E-state index is 0. The van der Waals surface area contributed by atoms with Gasteiger partial charge in [0.05, 0.1) is 5.56 Å². The van der Waals surface area contributed by atoms with Crippen LogP contribution in [0.1, 0.15) is 66.3 Å². The number of para-hydroxylation sites is 1. The maximum atomic E-state index is 11.9. The first kappa shape index (κ1) is 37.1. The molecular formula is C20H34O3W3. The molecule has 1 aromatic carbocycles. The van der Waals surface area contributed by atoms with Crippen molar-refractivity contribution in [2.45, 2.75) is 55.9 Å². The Hall–Kier alpha value is 0.295. The third kappa shape index (κ3) is 15.4. The summed E-state index contributed by atoms with van der Waals surface area (Å²) in [5, 5.41) is 4.39. The molecule has 0 spiro atoms. The van der Waals surface area contributed by atoms with Gasteiger partial charge in [-0.1, -0.05) is 61.1 Å². The summed E-state index contributed by atoms with van der Waals surface area (Å²) in [7, 11) is 0. The number of Topliss-reactive ketones (excluding diaryl/α,β-unsaturated/α-hetero) is 2. The summed E-state index contributed by atoms with van der Waals surface area (Å²) in [5.41, 5.74) is -0.168. The Morgan fingerprint density at radius 1 is 1.00 bits per heavy atom. The Labute approximate surface area is 205 Å². The van der Waals surface area contributed by atoms with E-state index in [0.29, 0.717) is 11.3 Å². The molecular weight excluding hydrogens is 840 g/mol. The van der Waals surface area contributed by atoms with Crippen LogP contribution in [-0.4, -0.2) is 18.1 Å². The summed E-state index contributed by atoms with van der Waals surface area (Å²) in [6, 6.07) is 6.80. The smallest absolute Gasteiger partial charge is 0.507 e. The molecule has 0 unspecified atom stereocenters. The third-order valence-electron chi connectivity index (χ3n) is 2.81. The summed E-state index contributed by atoms with van der Waals surface area (Å²) in [5.74, 6) is 0.505. The minimum Gasteiger partial charge on any atom is -0.507 e. The van der Waals surface area contributed by atoms with Crippen molar-refractivity contribution in [1.82, 2.24) is 0 Å². The predicted molar refractivity (Wildman–Crippen MR) is 99.5 cm³/mol. The number of hydrogen-bond donors (Lipinski definition) is 1. The van der Waals surface area contributed by atoms with Gasteiger partial charge in [0.2, 0.25) is 0 Å². The molecule has 0 aliphatic heterocycles. The van der Waals surface area contributed by atoms with Crippen LogP contribution >= 0.6 is 0 Å². The van der Waals surface area contributed by atoms with Crippen molar-refractivity contribution in [2.75, 3.05) is 0 Å². The Bertz CT molecular complexity index is 522. The van der Waals surface area contributed by atoms with Gasteiger partial charge in [0.15, 0.2) is 5.78 Å². The van der Waals surface area contributed by atoms with E-state index in [1.165, 1.54) is 0 Å². The standard InChI is InChI=1S/C11H14O2.C7H13O.CH4.CH3.3W/c1-11(2,3)10(13)8-6-4-5-7-9(8)12;1-5-6(8)7(2,3)4;;;;;/h4-7,12H,1-3H3;5H,1-4H3;1H4;1H3;;;/q;-1;;-1;;;+2/i/hT. The molecule has 1 rings (SSSR count). The van der Waals surface area contributed by atoms with Gasteiger partial charge >= 0.3 is 21.1 Å². The summed E-state index contributed by atoms with van der Waals surface area (Å²) in [6.45, 7) is 13.0. The van der Waals surface area contributed by atoms with Crippen LogP contribution in [0.15, 0.2) is 24.3 Å². The van der Waals surface area contributed by atoms with Gasteiger partial charge in [-0.3, -0.25) is 4.79 Å². The van der Waals surface area contributed by atoms with Gasteiger partial charge < -0.3 is 23.8 Å². The van der Waals surface area contributed by atoms with Crippen molar-refractivity contribution >= 4 is 11.6 Å². The molecule has 0 radical (unpaired) electrons. The van der Waals surface area contributed by atoms with Gasteiger partial charge in [0.25, 0.3) is 1.43 Å². The molecule has 0 fully saturated rings. The minimum atomic E-state index is -0.450. The zero-order chi connectivity index (χ0) is 17.6. The Morgan fingerprint density at radius 3 is 1.69 bits per heavy atom. The molecule has 6 heteroatoms. The Balaban J connectivity index is -0.0000000759. The summed E-state index contributed by atoms with van der Waals surface area (Å²) in [6.07, 6.45) is 1.61. The van der Waals surface area contributed by atoms with Crippen LogP contribution in [0.2, 0.25) is 0 Å². The number of phenols is 1. The molecule has 1 N–H and O–H groups in total. The topological polar surface area (TPSA) is 54.4 Å². The number of ketones is 2. The van der Waals surface area contributed by atoms with E-state index in [4.69, 9.17) is 1.43 Å². The molecule has 26 heavy (non-hydrogen) atoms. The van der Waals surface area contributed by atoms with Crippen molar-refractivity contribution in [1.29, 1.82) is 1.43 Å². The fourth-order valence-electron chi connectivity index (χ4n) is 1.49. The monoisotopic (exact) mass is 876 g/mol. The number of carbonyl (C=O) groups is 2. The second kappa shape index (κ2) is 17.4. The van der Waals surface area contributed by atoms with Gasteiger partial charge in [0, 0.05) is 53.3 Å². The van der Waals surface area contributed by atoms with Crippen molar-refractivity contribution in [3.8, 4) is 5.75 Å². The van der Waals surface area contributed by atoms with Gasteiger partial charge in [-0.2, -0.15) is 6.92 Å². The normalized spacial score (nSPS) is 9.42. The fraction of sp³-hybridized carbons (Fsp3) is 0.500. The number of hydrogen-bond acceptors (Lipinski definition) is 3. The second-order valence-electron chi connectivity index (χ2n) is 6.98. The van der Waals surface area contributed by atoms with Crippen molar-refractivity contribution in [2.24, 2.45) is 10.8 Å². The SMILES string of the molecule is C.C[CH-]C(=O)C(C)(C)C.[3H]Oc1ccccc1C(=O)C(C)(C)C.[CH3-].[W+2].[W].[W]. The van der Waals surface area contributed by atoms with Crippen molar-refractivity contribution in [3.63, 3.8) is 0 Å². The first-order chi connectivity index (χ1) is 9.95. The molecule has 0 saturated carbocycles. The number of benzene rings is 1. The summed E-state index contributed by atoms with van der Waals surface area (Å²) < 4.78 is 6.83. The summed E-state index contributed by atoms with van der Waals surface area (Å²) >= 11 is 0. The van der Waals surface area contributed by atoms with E-state index in [1.807, 2.05) is 41.5 Å². The Morgan fingerprint density at radius 2 is 1.42 bits per heavy atom. The van der Waals surface area contributed by atoms with E-state index in [2.05, 4.69) is 5.11 Å². The molecule has 0 aliphatic rings. The molecule has 0 aliphatic carbocycles. The molecule has 1 aromatic rings. The van der Waals surface area contributed by atoms with Crippen molar-refractivity contribution < 1.29 is 77.9 Å². The average Bonchev–Trinajstić information content (AvgIpc) is 2.44. The molecule has 150 valence electrons. The molecule has 0 atom stereocenters. The molecule has 0 heterocycles. The molecule has 0 amide bonds. The van der Waals surface area contributed by atoms with Crippen LogP contribution in [0, 0.1) is 24.7 Å². The number of carbonyl (C=O) groups excluding carboxylic acids is 2. The van der Waals surface area contributed by atoms with Crippen LogP contribution in [0.5, 0.6) is 5.75 Å². The van der Waals surface area contributed by atoms with Gasteiger partial charge in [-0.15, -0.1) is 0 Å². The Kier molecular flexibility index (Phi) is 24.8. The van der Waals surface area contributed by atoms with Gasteiger partial charge in [-0.05, 0) is 17.5 Å². The van der Waals surface area contributed by atoms with Crippen LogP contribution in [0.3, 0.4) is 0 Å². The van der Waals surface area contributed by atoms with Crippen LogP contribution in [0.4, 0.5) is 0 Å².